The minimum atomic E-state index is -0.640. The van der Waals surface area contributed by atoms with Crippen LogP contribution in [0.4, 0.5) is 17.1 Å². The lowest BCUT2D eigenvalue weighted by molar-refractivity contribution is -0.123. The van der Waals surface area contributed by atoms with Gasteiger partial charge in [0.05, 0.1) is 17.5 Å². The maximum absolute atomic E-state index is 14.1. The van der Waals surface area contributed by atoms with Crippen molar-refractivity contribution < 1.29 is 24.3 Å². The van der Waals surface area contributed by atoms with Crippen molar-refractivity contribution in [1.82, 2.24) is 0 Å². The highest BCUT2D eigenvalue weighted by Gasteiger charge is 2.56. The Morgan fingerprint density at radius 2 is 1.56 bits per heavy atom. The molecular formula is C36H30N2O5. The third-order valence-corrected chi connectivity index (χ3v) is 9.31. The Labute approximate surface area is 249 Å². The van der Waals surface area contributed by atoms with E-state index in [4.69, 9.17) is 0 Å². The minimum Gasteiger partial charge on any atom is -0.508 e. The largest absolute Gasteiger partial charge is 0.508 e. The standard InChI is InChI=1S/C36H30N2O5/c1-19-16-21(8-15-29(19)39)31-25-13-14-26-32(27(25)18-28-30(40)17-20(2)34(41)33(28)31)36(43)38(35(26)42)24-11-9-23(10-12-24)37-22-6-4-3-5-7-22/h3-13,15-17,26-27,31-32,37,39H,14,18H2,1-2H3/t26-,27+,31-,32-/m0/s1. The second-order valence-corrected chi connectivity index (χ2v) is 11.8. The average Bonchev–Trinajstić information content (AvgIpc) is 3.26. The number of nitrogens with zero attached hydrogens (tertiary/aromatic N) is 1. The molecule has 0 spiro atoms. The number of imide groups is 1. The third kappa shape index (κ3) is 4.26. The van der Waals surface area contributed by atoms with Crippen LogP contribution in [0.1, 0.15) is 36.8 Å². The molecule has 7 rings (SSSR count). The lowest BCUT2D eigenvalue weighted by Gasteiger charge is -2.42. The molecule has 0 saturated carbocycles. The second kappa shape index (κ2) is 10.1. The first kappa shape index (κ1) is 26.8. The Morgan fingerprint density at radius 1 is 0.837 bits per heavy atom. The number of phenols is 1. The summed E-state index contributed by atoms with van der Waals surface area (Å²) >= 11 is 0. The smallest absolute Gasteiger partial charge is 0.238 e. The first-order valence-electron chi connectivity index (χ1n) is 14.5. The molecule has 4 aliphatic rings. The fraction of sp³-hybridized carbons (Fsp3) is 0.222. The van der Waals surface area contributed by atoms with Crippen LogP contribution in [0, 0.1) is 24.7 Å². The van der Waals surface area contributed by atoms with Crippen molar-refractivity contribution in [3.8, 4) is 5.75 Å². The maximum Gasteiger partial charge on any atom is 0.238 e. The van der Waals surface area contributed by atoms with E-state index in [2.05, 4.69) is 5.32 Å². The van der Waals surface area contributed by atoms with E-state index >= 15 is 0 Å². The van der Waals surface area contributed by atoms with E-state index in [9.17, 15) is 24.3 Å². The molecule has 0 aromatic heterocycles. The molecule has 1 fully saturated rings. The van der Waals surface area contributed by atoms with Gasteiger partial charge in [-0.3, -0.25) is 24.1 Å². The van der Waals surface area contributed by atoms with Gasteiger partial charge in [0.15, 0.2) is 11.6 Å². The molecule has 43 heavy (non-hydrogen) atoms. The molecule has 0 unspecified atom stereocenters. The van der Waals surface area contributed by atoms with Crippen molar-refractivity contribution in [3.05, 3.63) is 118 Å². The summed E-state index contributed by atoms with van der Waals surface area (Å²) in [6, 6.07) is 22.2. The van der Waals surface area contributed by atoms with E-state index in [0.717, 1.165) is 22.5 Å². The van der Waals surface area contributed by atoms with Gasteiger partial charge in [-0.25, -0.2) is 0 Å². The van der Waals surface area contributed by atoms with Gasteiger partial charge < -0.3 is 10.4 Å². The zero-order chi connectivity index (χ0) is 30.0. The summed E-state index contributed by atoms with van der Waals surface area (Å²) < 4.78 is 0. The van der Waals surface area contributed by atoms with Crippen molar-refractivity contribution in [2.45, 2.75) is 32.6 Å². The van der Waals surface area contributed by atoms with Crippen LogP contribution in [-0.4, -0.2) is 28.5 Å². The summed E-state index contributed by atoms with van der Waals surface area (Å²) in [5, 5.41) is 13.5. The number of allylic oxidation sites excluding steroid dienone is 6. The molecule has 214 valence electrons. The van der Waals surface area contributed by atoms with E-state index in [-0.39, 0.29) is 35.6 Å². The molecule has 7 heteroatoms. The summed E-state index contributed by atoms with van der Waals surface area (Å²) in [6.07, 6.45) is 4.00. The number of ketones is 2. The van der Waals surface area contributed by atoms with Crippen molar-refractivity contribution >= 4 is 40.4 Å². The van der Waals surface area contributed by atoms with E-state index in [1.807, 2.05) is 54.6 Å². The second-order valence-electron chi connectivity index (χ2n) is 11.8. The normalized spacial score (nSPS) is 24.7. The number of amides is 2. The number of para-hydroxylation sites is 1. The fourth-order valence-corrected chi connectivity index (χ4v) is 7.24. The quantitative estimate of drug-likeness (QED) is 0.224. The Balaban J connectivity index is 1.25. The van der Waals surface area contributed by atoms with Gasteiger partial charge in [0.2, 0.25) is 11.8 Å². The van der Waals surface area contributed by atoms with Gasteiger partial charge in [-0.15, -0.1) is 0 Å². The lowest BCUT2D eigenvalue weighted by Crippen LogP contribution is -2.39. The summed E-state index contributed by atoms with van der Waals surface area (Å²) in [4.78, 5) is 56.1. The third-order valence-electron chi connectivity index (χ3n) is 9.31. The SMILES string of the molecule is CC1=CC(=O)C2=C(C1=O)[C@@H](c1ccc(O)c(C)c1)C1=CC[C@@H]3C(=O)N(c4ccc(Nc5ccccc5)cc4)C(=O)[C@@H]3[C@@H]1C2. The molecule has 1 heterocycles. The number of hydrogen-bond acceptors (Lipinski definition) is 6. The van der Waals surface area contributed by atoms with Crippen LogP contribution in [0.15, 0.2) is 107 Å². The molecule has 7 nitrogen and oxygen atoms in total. The number of phenolic OH excluding ortho intramolecular Hbond substituents is 1. The van der Waals surface area contributed by atoms with Crippen LogP contribution in [0.5, 0.6) is 5.75 Å². The summed E-state index contributed by atoms with van der Waals surface area (Å²) in [5.41, 5.74) is 5.86. The predicted molar refractivity (Wildman–Crippen MR) is 163 cm³/mol. The van der Waals surface area contributed by atoms with E-state index in [0.29, 0.717) is 34.4 Å². The minimum absolute atomic E-state index is 0.141. The number of aromatic hydroxyl groups is 1. The van der Waals surface area contributed by atoms with Crippen LogP contribution in [0.25, 0.3) is 0 Å². The molecule has 1 aliphatic heterocycles. The number of carbonyl (C=O) groups excluding carboxylic acids is 4. The van der Waals surface area contributed by atoms with Crippen molar-refractivity contribution in [2.75, 3.05) is 10.2 Å². The van der Waals surface area contributed by atoms with E-state index in [1.54, 1.807) is 38.1 Å². The number of benzene rings is 3. The number of anilines is 3. The maximum atomic E-state index is 14.1. The van der Waals surface area contributed by atoms with Crippen molar-refractivity contribution in [1.29, 1.82) is 0 Å². The number of nitrogens with one attached hydrogen (secondary N) is 1. The first-order valence-corrected chi connectivity index (χ1v) is 14.5. The molecule has 0 radical (unpaired) electrons. The summed E-state index contributed by atoms with van der Waals surface area (Å²) in [7, 11) is 0. The average molecular weight is 571 g/mol. The fourth-order valence-electron chi connectivity index (χ4n) is 7.24. The number of aryl methyl sites for hydroxylation is 1. The number of carbonyl (C=O) groups is 4. The Bertz CT molecular complexity index is 1820. The molecule has 4 atom stereocenters. The van der Waals surface area contributed by atoms with Crippen LogP contribution < -0.4 is 10.2 Å². The lowest BCUT2D eigenvalue weighted by atomic mass is 9.59. The Morgan fingerprint density at radius 3 is 2.28 bits per heavy atom. The molecule has 2 N–H and O–H groups in total. The number of Topliss-reactive ketones (excluding diaryl/α,β-unsaturated/α-hetero) is 1. The summed E-state index contributed by atoms with van der Waals surface area (Å²) in [6.45, 7) is 3.44. The number of hydrogen-bond donors (Lipinski definition) is 2. The van der Waals surface area contributed by atoms with Gasteiger partial charge in [-0.2, -0.15) is 0 Å². The highest BCUT2D eigenvalue weighted by atomic mass is 16.3. The highest BCUT2D eigenvalue weighted by Crippen LogP contribution is 2.55. The molecular weight excluding hydrogens is 540 g/mol. The Hall–Kier alpha value is -5.04. The molecule has 3 aromatic carbocycles. The van der Waals surface area contributed by atoms with E-state index < -0.39 is 23.7 Å². The van der Waals surface area contributed by atoms with Gasteiger partial charge in [0, 0.05) is 34.0 Å². The van der Waals surface area contributed by atoms with Crippen LogP contribution in [0.2, 0.25) is 0 Å². The monoisotopic (exact) mass is 570 g/mol. The van der Waals surface area contributed by atoms with Gasteiger partial charge in [0.25, 0.3) is 0 Å². The zero-order valence-corrected chi connectivity index (χ0v) is 23.8. The van der Waals surface area contributed by atoms with Crippen LogP contribution >= 0.6 is 0 Å². The molecule has 3 aliphatic carbocycles. The molecule has 3 aromatic rings. The molecule has 0 bridgehead atoms. The molecule has 2 amide bonds. The number of rotatable bonds is 4. The topological polar surface area (TPSA) is 104 Å². The van der Waals surface area contributed by atoms with Gasteiger partial charge >= 0.3 is 0 Å². The van der Waals surface area contributed by atoms with Crippen LogP contribution in [0.3, 0.4) is 0 Å². The summed E-state index contributed by atoms with van der Waals surface area (Å²) in [5.74, 6) is -2.89. The van der Waals surface area contributed by atoms with Gasteiger partial charge in [-0.1, -0.05) is 42.0 Å². The van der Waals surface area contributed by atoms with E-state index in [1.165, 1.54) is 11.0 Å². The Kier molecular flexibility index (Phi) is 6.27. The van der Waals surface area contributed by atoms with Crippen LogP contribution in [-0.2, 0) is 19.2 Å². The van der Waals surface area contributed by atoms with Gasteiger partial charge in [0.1, 0.15) is 5.75 Å². The van der Waals surface area contributed by atoms with Crippen molar-refractivity contribution in [3.63, 3.8) is 0 Å². The predicted octanol–water partition coefficient (Wildman–Crippen LogP) is 6.08. The first-order chi connectivity index (χ1) is 20.7. The number of fused-ring (bicyclic) bond motifs is 3. The van der Waals surface area contributed by atoms with Gasteiger partial charge in [-0.05, 0) is 92.3 Å². The van der Waals surface area contributed by atoms with Crippen molar-refractivity contribution in [2.24, 2.45) is 17.8 Å². The molecule has 1 saturated heterocycles. The zero-order valence-electron chi connectivity index (χ0n) is 23.8. The highest BCUT2D eigenvalue weighted by molar-refractivity contribution is 6.25.